The molecule has 2 saturated heterocycles. The summed E-state index contributed by atoms with van der Waals surface area (Å²) in [5, 5.41) is 3.41. The first-order valence-electron chi connectivity index (χ1n) is 8.36. The van der Waals surface area contributed by atoms with Crippen molar-refractivity contribution in [3.8, 4) is 0 Å². The average Bonchev–Trinajstić information content (AvgIpc) is 3.04. The van der Waals surface area contributed by atoms with E-state index >= 15 is 0 Å². The van der Waals surface area contributed by atoms with E-state index in [0.29, 0.717) is 18.5 Å². The zero-order valence-electron chi connectivity index (χ0n) is 14.1. The molecule has 1 saturated carbocycles. The van der Waals surface area contributed by atoms with E-state index in [2.05, 4.69) is 15.2 Å². The van der Waals surface area contributed by atoms with Gasteiger partial charge in [0.05, 0.1) is 6.26 Å². The number of nitrogens with one attached hydrogen (secondary N) is 1. The molecule has 1 spiro atoms. The fourth-order valence-electron chi connectivity index (χ4n) is 4.19. The van der Waals surface area contributed by atoms with Gasteiger partial charge in [0.15, 0.2) is 5.96 Å². The standard InChI is InChI=1S/C15H28N4O2S.HI/c1-16-14(18-10-8-15(12-18)6-4-7-15)17-11-13-5-3-9-19(13)22(2,20)21;/h13H,3-12H2,1-2H3,(H,16,17);1H/t13-;/m1./s1. The smallest absolute Gasteiger partial charge is 0.211 e. The van der Waals surface area contributed by atoms with Gasteiger partial charge < -0.3 is 10.2 Å². The van der Waals surface area contributed by atoms with Gasteiger partial charge in [0, 0.05) is 39.3 Å². The number of nitrogens with zero attached hydrogens (tertiary/aromatic N) is 3. The summed E-state index contributed by atoms with van der Waals surface area (Å²) in [7, 11) is -1.28. The molecule has 0 aromatic carbocycles. The van der Waals surface area contributed by atoms with Crippen molar-refractivity contribution < 1.29 is 8.42 Å². The number of rotatable bonds is 3. The van der Waals surface area contributed by atoms with E-state index in [0.717, 1.165) is 31.9 Å². The average molecular weight is 456 g/mol. The molecule has 3 aliphatic rings. The third-order valence-corrected chi connectivity index (χ3v) is 6.94. The van der Waals surface area contributed by atoms with Crippen LogP contribution in [0.1, 0.15) is 38.5 Å². The van der Waals surface area contributed by atoms with Crippen molar-refractivity contribution in [2.45, 2.75) is 44.6 Å². The van der Waals surface area contributed by atoms with Gasteiger partial charge in [-0.15, -0.1) is 24.0 Å². The van der Waals surface area contributed by atoms with Crippen molar-refractivity contribution in [3.63, 3.8) is 0 Å². The largest absolute Gasteiger partial charge is 0.355 e. The fourth-order valence-corrected chi connectivity index (χ4v) is 5.37. The number of likely N-dealkylation sites (tertiary alicyclic amines) is 1. The van der Waals surface area contributed by atoms with Gasteiger partial charge in [-0.05, 0) is 37.5 Å². The van der Waals surface area contributed by atoms with Crippen LogP contribution in [0.4, 0.5) is 0 Å². The minimum atomic E-state index is -3.10. The summed E-state index contributed by atoms with van der Waals surface area (Å²) in [6.45, 7) is 3.48. The quantitative estimate of drug-likeness (QED) is 0.397. The lowest BCUT2D eigenvalue weighted by atomic mass is 9.68. The van der Waals surface area contributed by atoms with Crippen LogP contribution in [0.2, 0.25) is 0 Å². The van der Waals surface area contributed by atoms with Crippen LogP contribution in [0.25, 0.3) is 0 Å². The van der Waals surface area contributed by atoms with Crippen LogP contribution in [0, 0.1) is 5.41 Å². The molecule has 3 rings (SSSR count). The Labute approximate surface area is 157 Å². The van der Waals surface area contributed by atoms with E-state index in [9.17, 15) is 8.42 Å². The highest BCUT2D eigenvalue weighted by molar-refractivity contribution is 14.0. The number of hydrogen-bond acceptors (Lipinski definition) is 3. The summed E-state index contributed by atoms with van der Waals surface area (Å²) in [5.41, 5.74) is 0.545. The highest BCUT2D eigenvalue weighted by Crippen LogP contribution is 2.47. The van der Waals surface area contributed by atoms with E-state index in [-0.39, 0.29) is 30.0 Å². The van der Waals surface area contributed by atoms with Crippen molar-refractivity contribution in [2.75, 3.05) is 39.5 Å². The first-order valence-corrected chi connectivity index (χ1v) is 10.2. The molecule has 1 N–H and O–H groups in total. The maximum atomic E-state index is 11.8. The molecule has 6 nitrogen and oxygen atoms in total. The van der Waals surface area contributed by atoms with Gasteiger partial charge >= 0.3 is 0 Å². The van der Waals surface area contributed by atoms with E-state index in [4.69, 9.17) is 0 Å². The van der Waals surface area contributed by atoms with Gasteiger partial charge in [0.2, 0.25) is 10.0 Å². The maximum absolute atomic E-state index is 11.8. The van der Waals surface area contributed by atoms with Gasteiger partial charge in [0.1, 0.15) is 0 Å². The van der Waals surface area contributed by atoms with Crippen molar-refractivity contribution in [1.29, 1.82) is 0 Å². The molecule has 0 unspecified atom stereocenters. The Morgan fingerprint density at radius 3 is 2.52 bits per heavy atom. The minimum Gasteiger partial charge on any atom is -0.355 e. The van der Waals surface area contributed by atoms with Crippen LogP contribution >= 0.6 is 24.0 Å². The Morgan fingerprint density at radius 2 is 2.00 bits per heavy atom. The molecule has 8 heteroatoms. The van der Waals surface area contributed by atoms with Gasteiger partial charge in [-0.1, -0.05) is 6.42 Å². The monoisotopic (exact) mass is 456 g/mol. The second kappa shape index (κ2) is 7.43. The van der Waals surface area contributed by atoms with E-state index in [1.54, 1.807) is 4.31 Å². The Hall–Kier alpha value is -0.0900. The van der Waals surface area contributed by atoms with Crippen LogP contribution in [-0.4, -0.2) is 69.1 Å². The van der Waals surface area contributed by atoms with Crippen LogP contribution in [0.15, 0.2) is 4.99 Å². The second-order valence-electron chi connectivity index (χ2n) is 7.12. The van der Waals surface area contributed by atoms with Crippen LogP contribution in [-0.2, 0) is 10.0 Å². The van der Waals surface area contributed by atoms with Gasteiger partial charge in [-0.25, -0.2) is 8.42 Å². The SMILES string of the molecule is CN=C(NC[C@H]1CCCN1S(C)(=O)=O)N1CCC2(CCC2)C1.I. The molecule has 0 amide bonds. The van der Waals surface area contributed by atoms with E-state index in [1.165, 1.54) is 31.9 Å². The summed E-state index contributed by atoms with van der Waals surface area (Å²) >= 11 is 0. The molecule has 2 heterocycles. The Morgan fingerprint density at radius 1 is 1.26 bits per heavy atom. The zero-order valence-corrected chi connectivity index (χ0v) is 17.3. The van der Waals surface area contributed by atoms with Gasteiger partial charge in [0.25, 0.3) is 0 Å². The molecular weight excluding hydrogens is 427 g/mol. The van der Waals surface area contributed by atoms with Crippen molar-refractivity contribution in [1.82, 2.24) is 14.5 Å². The number of halogens is 1. The summed E-state index contributed by atoms with van der Waals surface area (Å²) < 4.78 is 25.2. The third-order valence-electron chi connectivity index (χ3n) is 5.61. The molecular formula is C15H29IN4O2S. The number of hydrogen-bond donors (Lipinski definition) is 1. The van der Waals surface area contributed by atoms with Gasteiger partial charge in [-0.2, -0.15) is 4.31 Å². The Bertz CT molecular complexity index is 548. The van der Waals surface area contributed by atoms with Crippen LogP contribution in [0.5, 0.6) is 0 Å². The summed E-state index contributed by atoms with van der Waals surface area (Å²) in [5.74, 6) is 0.934. The maximum Gasteiger partial charge on any atom is 0.211 e. The number of sulfonamides is 1. The van der Waals surface area contributed by atoms with E-state index < -0.39 is 10.0 Å². The molecule has 3 fully saturated rings. The predicted molar refractivity (Wildman–Crippen MR) is 104 cm³/mol. The number of guanidine groups is 1. The minimum absolute atomic E-state index is 0. The summed E-state index contributed by atoms with van der Waals surface area (Å²) in [6, 6.07) is 0.0621. The number of aliphatic imine (C=N–C) groups is 1. The molecule has 1 atom stereocenters. The predicted octanol–water partition coefficient (Wildman–Crippen LogP) is 1.48. The summed E-state index contributed by atoms with van der Waals surface area (Å²) in [4.78, 5) is 6.75. The molecule has 0 bridgehead atoms. The molecule has 23 heavy (non-hydrogen) atoms. The first-order chi connectivity index (χ1) is 10.4. The highest BCUT2D eigenvalue weighted by atomic mass is 127. The first kappa shape index (κ1) is 19.2. The van der Waals surface area contributed by atoms with Crippen molar-refractivity contribution >= 4 is 40.0 Å². The normalized spacial score (nSPS) is 27.8. The Kier molecular flexibility index (Phi) is 6.21. The lowest BCUT2D eigenvalue weighted by Gasteiger charge is -2.38. The second-order valence-corrected chi connectivity index (χ2v) is 9.06. The molecule has 0 radical (unpaired) electrons. The zero-order chi connectivity index (χ0) is 15.8. The van der Waals surface area contributed by atoms with Crippen molar-refractivity contribution in [2.24, 2.45) is 10.4 Å². The fraction of sp³-hybridized carbons (Fsp3) is 0.933. The third kappa shape index (κ3) is 4.12. The topological polar surface area (TPSA) is 65.0 Å². The van der Waals surface area contributed by atoms with Crippen LogP contribution < -0.4 is 5.32 Å². The Balaban J connectivity index is 0.00000192. The van der Waals surface area contributed by atoms with Crippen LogP contribution in [0.3, 0.4) is 0 Å². The van der Waals surface area contributed by atoms with Crippen molar-refractivity contribution in [3.05, 3.63) is 0 Å². The lowest BCUT2D eigenvalue weighted by Crippen LogP contribution is -2.48. The lowest BCUT2D eigenvalue weighted by molar-refractivity contribution is 0.151. The molecule has 134 valence electrons. The highest BCUT2D eigenvalue weighted by Gasteiger charge is 2.43. The molecule has 1 aliphatic carbocycles. The molecule has 0 aromatic rings. The molecule has 0 aromatic heterocycles. The summed E-state index contributed by atoms with van der Waals surface area (Å²) in [6.07, 6.45) is 8.53. The molecule has 2 aliphatic heterocycles. The van der Waals surface area contributed by atoms with E-state index in [1.807, 2.05) is 7.05 Å². The van der Waals surface area contributed by atoms with Gasteiger partial charge in [-0.3, -0.25) is 4.99 Å².